The third-order valence-electron chi connectivity index (χ3n) is 4.67. The summed E-state index contributed by atoms with van der Waals surface area (Å²) in [7, 11) is 1.74. The second-order valence-corrected chi connectivity index (χ2v) is 6.84. The molecule has 0 atom stereocenters. The first-order valence-corrected chi connectivity index (χ1v) is 9.33. The summed E-state index contributed by atoms with van der Waals surface area (Å²) in [4.78, 5) is 40.2. The molecule has 3 rings (SSSR count). The number of hydrogen-bond donors (Lipinski definition) is 1. The van der Waals surface area contributed by atoms with E-state index in [1.165, 1.54) is 4.57 Å². The van der Waals surface area contributed by atoms with Gasteiger partial charge in [0.25, 0.3) is 5.56 Å². The second-order valence-electron chi connectivity index (χ2n) is 6.84. The van der Waals surface area contributed by atoms with Gasteiger partial charge in [-0.15, -0.1) is 0 Å². The van der Waals surface area contributed by atoms with E-state index in [0.717, 1.165) is 10.1 Å². The Balaban J connectivity index is 1.96. The van der Waals surface area contributed by atoms with Gasteiger partial charge in [-0.1, -0.05) is 30.3 Å². The number of benzene rings is 1. The summed E-state index contributed by atoms with van der Waals surface area (Å²) in [6, 6.07) is 12.8. The van der Waals surface area contributed by atoms with Gasteiger partial charge in [-0.2, -0.15) is 0 Å². The molecular formula is C21H24N4O4. The van der Waals surface area contributed by atoms with E-state index < -0.39 is 17.0 Å². The smallest absolute Gasteiger partial charge is 0.332 e. The van der Waals surface area contributed by atoms with Gasteiger partial charge >= 0.3 is 5.69 Å². The van der Waals surface area contributed by atoms with E-state index in [2.05, 4.69) is 0 Å². The lowest BCUT2D eigenvalue weighted by molar-refractivity contribution is 0.0937. The summed E-state index contributed by atoms with van der Waals surface area (Å²) >= 11 is 0. The topological polar surface area (TPSA) is 103 Å². The highest BCUT2D eigenvalue weighted by molar-refractivity contribution is 6.01. The maximum absolute atomic E-state index is 12.9. The number of nitrogens with two attached hydrogens (primary N) is 1. The van der Waals surface area contributed by atoms with Crippen LogP contribution in [-0.2, 0) is 19.6 Å². The lowest BCUT2D eigenvalue weighted by atomic mass is 10.1. The number of carbonyl (C=O) groups is 1. The number of hydrogen-bond acceptors (Lipinski definition) is 6. The Labute approximate surface area is 167 Å². The summed E-state index contributed by atoms with van der Waals surface area (Å²) in [5.74, 6) is 0.156. The van der Waals surface area contributed by atoms with Crippen molar-refractivity contribution in [1.82, 2.24) is 14.0 Å². The molecule has 29 heavy (non-hydrogen) atoms. The molecule has 1 aromatic carbocycles. The Bertz CT molecular complexity index is 1100. The molecule has 0 aliphatic heterocycles. The van der Waals surface area contributed by atoms with E-state index in [4.69, 9.17) is 10.2 Å². The van der Waals surface area contributed by atoms with Gasteiger partial charge < -0.3 is 10.2 Å². The zero-order valence-corrected chi connectivity index (χ0v) is 16.5. The van der Waals surface area contributed by atoms with Crippen LogP contribution in [0.5, 0.6) is 0 Å². The van der Waals surface area contributed by atoms with Gasteiger partial charge in [-0.3, -0.25) is 23.6 Å². The van der Waals surface area contributed by atoms with Gasteiger partial charge in [-0.25, -0.2) is 4.79 Å². The van der Waals surface area contributed by atoms with E-state index in [-0.39, 0.29) is 31.0 Å². The Morgan fingerprint density at radius 2 is 1.83 bits per heavy atom. The Morgan fingerprint density at radius 1 is 1.10 bits per heavy atom. The fourth-order valence-electron chi connectivity index (χ4n) is 3.22. The quantitative estimate of drug-likeness (QED) is 0.580. The molecule has 0 bridgehead atoms. The van der Waals surface area contributed by atoms with Crippen LogP contribution in [0.15, 0.2) is 62.7 Å². The van der Waals surface area contributed by atoms with Crippen LogP contribution in [0.3, 0.4) is 0 Å². The molecule has 8 heteroatoms. The lowest BCUT2D eigenvalue weighted by Gasteiger charge is -2.18. The average molecular weight is 396 g/mol. The molecule has 0 amide bonds. The zero-order valence-electron chi connectivity index (χ0n) is 16.5. The highest BCUT2D eigenvalue weighted by Crippen LogP contribution is 2.11. The van der Waals surface area contributed by atoms with Crippen molar-refractivity contribution >= 4 is 11.6 Å². The molecule has 2 heterocycles. The molecule has 0 saturated heterocycles. The first-order valence-electron chi connectivity index (χ1n) is 9.33. The van der Waals surface area contributed by atoms with Crippen LogP contribution in [0.4, 0.5) is 5.82 Å². The molecule has 0 unspecified atom stereocenters. The van der Waals surface area contributed by atoms with E-state index in [0.29, 0.717) is 12.3 Å². The highest BCUT2D eigenvalue weighted by Gasteiger charge is 2.23. The fourth-order valence-corrected chi connectivity index (χ4v) is 3.22. The summed E-state index contributed by atoms with van der Waals surface area (Å²) in [6.45, 7) is 2.38. The fraction of sp³-hybridized carbons (Fsp3) is 0.286. The minimum absolute atomic E-state index is 0.0343. The number of likely N-dealkylation sites (N-methyl/N-ethyl adjacent to an activating group) is 1. The van der Waals surface area contributed by atoms with Crippen molar-refractivity contribution in [3.8, 4) is 0 Å². The maximum Gasteiger partial charge on any atom is 0.332 e. The standard InChI is InChI=1S/C21H24N4O4/c1-3-24-20(27)18(17(26)14-23(2)13-16-10-7-11-29-16)19(22)25(21(24)28)12-15-8-5-4-6-9-15/h4-11H,3,12-14,22H2,1-2H3. The molecule has 0 aliphatic carbocycles. The van der Waals surface area contributed by atoms with Gasteiger partial charge in [0.15, 0.2) is 5.78 Å². The Hall–Kier alpha value is -3.39. The van der Waals surface area contributed by atoms with Crippen molar-refractivity contribution in [3.63, 3.8) is 0 Å². The molecule has 2 N–H and O–H groups in total. The van der Waals surface area contributed by atoms with Crippen molar-refractivity contribution < 1.29 is 9.21 Å². The van der Waals surface area contributed by atoms with Crippen LogP contribution in [0, 0.1) is 0 Å². The third kappa shape index (κ3) is 4.38. The molecule has 0 fully saturated rings. The van der Waals surface area contributed by atoms with Crippen molar-refractivity contribution in [2.45, 2.75) is 26.6 Å². The molecule has 0 saturated carbocycles. The highest BCUT2D eigenvalue weighted by atomic mass is 16.3. The molecule has 0 radical (unpaired) electrons. The molecule has 152 valence electrons. The summed E-state index contributed by atoms with van der Waals surface area (Å²) in [5.41, 5.74) is 5.66. The van der Waals surface area contributed by atoms with E-state index in [9.17, 15) is 14.4 Å². The number of furan rings is 1. The van der Waals surface area contributed by atoms with Gasteiger partial charge in [0.1, 0.15) is 17.1 Å². The number of Topliss-reactive ketones (excluding diaryl/α,β-unsaturated/α-hetero) is 1. The molecule has 3 aromatic rings. The summed E-state index contributed by atoms with van der Waals surface area (Å²) in [5, 5.41) is 0. The van der Waals surface area contributed by atoms with Crippen molar-refractivity contribution in [3.05, 3.63) is 86.5 Å². The molecular weight excluding hydrogens is 372 g/mol. The van der Waals surface area contributed by atoms with Gasteiger partial charge in [0.05, 0.1) is 25.9 Å². The van der Waals surface area contributed by atoms with Gasteiger partial charge in [0.2, 0.25) is 0 Å². The van der Waals surface area contributed by atoms with Gasteiger partial charge in [-0.05, 0) is 31.7 Å². The predicted octanol–water partition coefficient (Wildman–Crippen LogP) is 1.57. The SMILES string of the molecule is CCn1c(=O)c(C(=O)CN(C)Cc2ccco2)c(N)n(Cc2ccccc2)c1=O. The van der Waals surface area contributed by atoms with Crippen LogP contribution < -0.4 is 17.0 Å². The molecule has 2 aromatic heterocycles. The number of rotatable bonds is 8. The lowest BCUT2D eigenvalue weighted by Crippen LogP contribution is -2.45. The van der Waals surface area contributed by atoms with Crippen LogP contribution in [0.25, 0.3) is 0 Å². The van der Waals surface area contributed by atoms with E-state index in [1.807, 2.05) is 30.3 Å². The summed E-state index contributed by atoms with van der Waals surface area (Å²) in [6.07, 6.45) is 1.56. The van der Waals surface area contributed by atoms with Crippen molar-refractivity contribution in [2.75, 3.05) is 19.3 Å². The number of aromatic nitrogens is 2. The normalized spacial score (nSPS) is 11.1. The number of anilines is 1. The molecule has 8 nitrogen and oxygen atoms in total. The average Bonchev–Trinajstić information content (AvgIpc) is 3.19. The van der Waals surface area contributed by atoms with E-state index >= 15 is 0 Å². The first kappa shape index (κ1) is 20.3. The molecule has 0 spiro atoms. The Kier molecular flexibility index (Phi) is 6.13. The second kappa shape index (κ2) is 8.74. The van der Waals surface area contributed by atoms with Crippen molar-refractivity contribution in [2.24, 2.45) is 0 Å². The van der Waals surface area contributed by atoms with Gasteiger partial charge in [0, 0.05) is 6.54 Å². The van der Waals surface area contributed by atoms with Crippen LogP contribution in [0.1, 0.15) is 28.6 Å². The van der Waals surface area contributed by atoms with Crippen LogP contribution in [0.2, 0.25) is 0 Å². The number of nitrogen functional groups attached to an aromatic ring is 1. The van der Waals surface area contributed by atoms with Crippen molar-refractivity contribution in [1.29, 1.82) is 0 Å². The number of nitrogens with zero attached hydrogens (tertiary/aromatic N) is 3. The predicted molar refractivity (Wildman–Crippen MR) is 110 cm³/mol. The third-order valence-corrected chi connectivity index (χ3v) is 4.67. The van der Waals surface area contributed by atoms with Crippen LogP contribution >= 0.6 is 0 Å². The van der Waals surface area contributed by atoms with Crippen LogP contribution in [-0.4, -0.2) is 33.4 Å². The van der Waals surface area contributed by atoms with E-state index in [1.54, 1.807) is 37.3 Å². The Morgan fingerprint density at radius 3 is 2.45 bits per heavy atom. The zero-order chi connectivity index (χ0) is 21.0. The molecule has 0 aliphatic rings. The number of carbonyl (C=O) groups excluding carboxylic acids is 1. The minimum Gasteiger partial charge on any atom is -0.468 e. The first-order chi connectivity index (χ1) is 13.9. The number of ketones is 1. The minimum atomic E-state index is -0.657. The largest absolute Gasteiger partial charge is 0.468 e. The maximum atomic E-state index is 12.9. The monoisotopic (exact) mass is 396 g/mol. The summed E-state index contributed by atoms with van der Waals surface area (Å²) < 4.78 is 7.61.